The lowest BCUT2D eigenvalue weighted by molar-refractivity contribution is -0.0459. The van der Waals surface area contributed by atoms with Crippen molar-refractivity contribution in [2.45, 2.75) is 12.5 Å². The SMILES string of the molecule is COCCOc1cc2ncnc(Nc3ccc(Cl)c(Cl)c3F)c2cc1OC1[C@@H]2CNC[C@H]1C2. The van der Waals surface area contributed by atoms with Crippen molar-refractivity contribution in [3.63, 3.8) is 0 Å². The Hall–Kier alpha value is -2.39. The Bertz CT molecular complexity index is 1170. The third-order valence-corrected chi connectivity index (χ3v) is 6.93. The van der Waals surface area contributed by atoms with Crippen molar-refractivity contribution in [2.24, 2.45) is 11.8 Å². The van der Waals surface area contributed by atoms with Crippen molar-refractivity contribution >= 4 is 45.6 Å². The lowest BCUT2D eigenvalue weighted by Crippen LogP contribution is -2.59. The predicted molar refractivity (Wildman–Crippen MR) is 125 cm³/mol. The molecule has 5 rings (SSSR count). The first-order valence-electron chi connectivity index (χ1n) is 10.7. The summed E-state index contributed by atoms with van der Waals surface area (Å²) in [7, 11) is 1.62. The quantitative estimate of drug-likeness (QED) is 0.344. The first kappa shape index (κ1) is 22.4. The Morgan fingerprint density at radius 2 is 1.94 bits per heavy atom. The molecule has 0 amide bonds. The average molecular weight is 493 g/mol. The standard InChI is InChI=1S/C23H23Cl2FN4O3/c1-31-4-5-32-18-8-17-14(7-19(18)33-22-12-6-13(22)10-27-9-12)23(29-11-28-17)30-16-3-2-15(24)20(25)21(16)26/h2-3,7-8,11-13,22,27H,4-6,9-10H2,1H3,(H,28,29,30)/t12-,13+,22?. The van der Waals surface area contributed by atoms with Gasteiger partial charge in [0.15, 0.2) is 17.3 Å². The second-order valence-corrected chi connectivity index (χ2v) is 9.01. The molecule has 1 aliphatic heterocycles. The van der Waals surface area contributed by atoms with Crippen molar-refractivity contribution in [1.82, 2.24) is 15.3 Å². The molecule has 2 N–H and O–H groups in total. The van der Waals surface area contributed by atoms with Gasteiger partial charge in [-0.25, -0.2) is 14.4 Å². The van der Waals surface area contributed by atoms with Gasteiger partial charge in [0.2, 0.25) is 0 Å². The van der Waals surface area contributed by atoms with Gasteiger partial charge in [0.1, 0.15) is 24.9 Å². The molecule has 10 heteroatoms. The van der Waals surface area contributed by atoms with E-state index in [9.17, 15) is 4.39 Å². The molecule has 1 aliphatic carbocycles. The fourth-order valence-electron chi connectivity index (χ4n) is 4.39. The molecule has 0 radical (unpaired) electrons. The predicted octanol–water partition coefficient (Wildman–Crippen LogP) is 4.83. The number of nitrogens with one attached hydrogen (secondary N) is 2. The summed E-state index contributed by atoms with van der Waals surface area (Å²) in [6.07, 6.45) is 2.70. The van der Waals surface area contributed by atoms with Gasteiger partial charge in [-0.2, -0.15) is 0 Å². The molecule has 3 aromatic rings. The van der Waals surface area contributed by atoms with Crippen LogP contribution in [0.5, 0.6) is 11.5 Å². The number of anilines is 2. The molecule has 1 unspecified atom stereocenters. The van der Waals surface area contributed by atoms with Gasteiger partial charge in [-0.1, -0.05) is 23.2 Å². The number of rotatable bonds is 8. The van der Waals surface area contributed by atoms with Crippen LogP contribution in [-0.4, -0.2) is 49.5 Å². The van der Waals surface area contributed by atoms with Crippen LogP contribution in [0.25, 0.3) is 10.9 Å². The number of hydrogen-bond donors (Lipinski definition) is 2. The van der Waals surface area contributed by atoms with Gasteiger partial charge >= 0.3 is 0 Å². The number of piperidine rings is 2. The van der Waals surface area contributed by atoms with Crippen molar-refractivity contribution in [3.8, 4) is 11.5 Å². The topological polar surface area (TPSA) is 77.5 Å². The van der Waals surface area contributed by atoms with Crippen molar-refractivity contribution in [2.75, 3.05) is 38.7 Å². The van der Waals surface area contributed by atoms with E-state index in [2.05, 4.69) is 20.6 Å². The number of aromatic nitrogens is 2. The normalized spacial score (nSPS) is 21.5. The molecule has 2 heterocycles. The number of fused-ring (bicyclic) bond motifs is 3. The summed E-state index contributed by atoms with van der Waals surface area (Å²) in [4.78, 5) is 8.69. The van der Waals surface area contributed by atoms with E-state index in [1.807, 2.05) is 12.1 Å². The molecular weight excluding hydrogens is 470 g/mol. The number of nitrogens with zero attached hydrogens (tertiary/aromatic N) is 2. The first-order valence-corrected chi connectivity index (χ1v) is 11.5. The highest BCUT2D eigenvalue weighted by molar-refractivity contribution is 6.42. The third kappa shape index (κ3) is 4.40. The Kier molecular flexibility index (Phi) is 6.42. The zero-order valence-electron chi connectivity index (χ0n) is 17.9. The highest BCUT2D eigenvalue weighted by Crippen LogP contribution is 2.43. The highest BCUT2D eigenvalue weighted by atomic mass is 35.5. The van der Waals surface area contributed by atoms with E-state index in [0.717, 1.165) is 19.5 Å². The van der Waals surface area contributed by atoms with E-state index in [1.165, 1.54) is 18.5 Å². The smallest absolute Gasteiger partial charge is 0.166 e. The molecule has 2 fully saturated rings. The minimum absolute atomic E-state index is 0.127. The lowest BCUT2D eigenvalue weighted by atomic mass is 9.69. The van der Waals surface area contributed by atoms with E-state index < -0.39 is 5.82 Å². The number of hydrogen-bond acceptors (Lipinski definition) is 7. The highest BCUT2D eigenvalue weighted by Gasteiger charge is 2.45. The molecule has 33 heavy (non-hydrogen) atoms. The van der Waals surface area contributed by atoms with Gasteiger partial charge < -0.3 is 24.8 Å². The summed E-state index contributed by atoms with van der Waals surface area (Å²) in [5.74, 6) is 1.90. The summed E-state index contributed by atoms with van der Waals surface area (Å²) in [5, 5.41) is 7.09. The summed E-state index contributed by atoms with van der Waals surface area (Å²) >= 11 is 11.9. The molecule has 3 atom stereocenters. The van der Waals surface area contributed by atoms with E-state index in [4.69, 9.17) is 37.4 Å². The Labute approximate surface area is 200 Å². The van der Waals surface area contributed by atoms with Crippen LogP contribution in [0.15, 0.2) is 30.6 Å². The Balaban J connectivity index is 1.51. The van der Waals surface area contributed by atoms with E-state index >= 15 is 0 Å². The molecule has 2 aliphatic rings. The van der Waals surface area contributed by atoms with Crippen LogP contribution in [0.2, 0.25) is 10.0 Å². The van der Waals surface area contributed by atoms with Gasteiger partial charge in [-0.05, 0) is 24.6 Å². The van der Waals surface area contributed by atoms with Gasteiger partial charge in [0, 0.05) is 43.5 Å². The van der Waals surface area contributed by atoms with Gasteiger partial charge in [-0.3, -0.25) is 0 Å². The van der Waals surface area contributed by atoms with Crippen molar-refractivity contribution in [3.05, 3.63) is 46.5 Å². The molecule has 2 bridgehead atoms. The van der Waals surface area contributed by atoms with Crippen molar-refractivity contribution in [1.29, 1.82) is 0 Å². The average Bonchev–Trinajstić information content (AvgIpc) is 2.83. The third-order valence-electron chi connectivity index (χ3n) is 6.14. The molecule has 1 saturated carbocycles. The zero-order valence-corrected chi connectivity index (χ0v) is 19.4. The lowest BCUT2D eigenvalue weighted by Gasteiger charge is -2.49. The van der Waals surface area contributed by atoms with Crippen LogP contribution in [-0.2, 0) is 4.74 Å². The van der Waals surface area contributed by atoms with Crippen LogP contribution < -0.4 is 20.1 Å². The zero-order chi connectivity index (χ0) is 22.9. The van der Waals surface area contributed by atoms with Gasteiger partial charge in [0.05, 0.1) is 27.9 Å². The largest absolute Gasteiger partial charge is 0.487 e. The van der Waals surface area contributed by atoms with Crippen LogP contribution in [0.1, 0.15) is 6.42 Å². The fraction of sp³-hybridized carbons (Fsp3) is 0.391. The fourth-order valence-corrected chi connectivity index (χ4v) is 4.70. The maximum Gasteiger partial charge on any atom is 0.166 e. The summed E-state index contributed by atoms with van der Waals surface area (Å²) in [6.45, 7) is 2.72. The molecule has 2 aromatic carbocycles. The van der Waals surface area contributed by atoms with Crippen LogP contribution in [0, 0.1) is 17.7 Å². The van der Waals surface area contributed by atoms with Gasteiger partial charge in [-0.15, -0.1) is 0 Å². The molecule has 1 aromatic heterocycles. The monoisotopic (exact) mass is 492 g/mol. The Morgan fingerprint density at radius 3 is 2.70 bits per heavy atom. The maximum atomic E-state index is 14.6. The minimum Gasteiger partial charge on any atom is -0.487 e. The van der Waals surface area contributed by atoms with Crippen LogP contribution in [0.4, 0.5) is 15.9 Å². The van der Waals surface area contributed by atoms with Crippen molar-refractivity contribution < 1.29 is 18.6 Å². The maximum absolute atomic E-state index is 14.6. The Morgan fingerprint density at radius 1 is 1.12 bits per heavy atom. The number of ether oxygens (including phenoxy) is 3. The molecular formula is C23H23Cl2FN4O3. The van der Waals surface area contributed by atoms with E-state index in [1.54, 1.807) is 7.11 Å². The number of methoxy groups -OCH3 is 1. The molecule has 1 saturated heterocycles. The van der Waals surface area contributed by atoms with Gasteiger partial charge in [0.25, 0.3) is 0 Å². The molecule has 174 valence electrons. The summed E-state index contributed by atoms with van der Waals surface area (Å²) in [5.41, 5.74) is 0.787. The minimum atomic E-state index is -0.651. The summed E-state index contributed by atoms with van der Waals surface area (Å²) < 4.78 is 32.1. The molecule has 0 spiro atoms. The number of halogens is 3. The van der Waals surface area contributed by atoms with Crippen LogP contribution >= 0.6 is 23.2 Å². The van der Waals surface area contributed by atoms with E-state index in [-0.39, 0.29) is 21.8 Å². The second kappa shape index (κ2) is 9.46. The molecule has 7 nitrogen and oxygen atoms in total. The number of benzene rings is 2. The van der Waals surface area contributed by atoms with Crippen LogP contribution in [0.3, 0.4) is 0 Å². The first-order chi connectivity index (χ1) is 16.0. The summed E-state index contributed by atoms with van der Waals surface area (Å²) in [6, 6.07) is 6.69. The second-order valence-electron chi connectivity index (χ2n) is 8.22. The van der Waals surface area contributed by atoms with E-state index in [0.29, 0.717) is 53.3 Å².